The van der Waals surface area contributed by atoms with Crippen LogP contribution in [-0.4, -0.2) is 13.6 Å². The van der Waals surface area contributed by atoms with E-state index in [0.717, 1.165) is 0 Å². The minimum atomic E-state index is -3.85. The fourth-order valence-electron chi connectivity index (χ4n) is 2.53. The molecular formula is C15H15FN2O3S3. The summed E-state index contributed by atoms with van der Waals surface area (Å²) in [5.41, 5.74) is 0.474. The van der Waals surface area contributed by atoms with Crippen molar-refractivity contribution >= 4 is 50.1 Å². The van der Waals surface area contributed by atoms with Gasteiger partial charge in [-0.15, -0.1) is 0 Å². The van der Waals surface area contributed by atoms with Gasteiger partial charge in [0.15, 0.2) is 5.82 Å². The number of rotatable bonds is 3. The summed E-state index contributed by atoms with van der Waals surface area (Å²) in [5, 5.41) is 6.12. The van der Waals surface area contributed by atoms with E-state index < -0.39 is 21.4 Å². The third-order valence-electron chi connectivity index (χ3n) is 3.77. The number of sulfonamides is 1. The lowest BCUT2D eigenvalue weighted by Gasteiger charge is -2.35. The molecule has 24 heavy (non-hydrogen) atoms. The van der Waals surface area contributed by atoms with E-state index in [2.05, 4.69) is 10.0 Å². The molecule has 0 atom stereocenters. The van der Waals surface area contributed by atoms with Crippen molar-refractivity contribution in [3.8, 4) is 0 Å². The van der Waals surface area contributed by atoms with E-state index in [4.69, 9.17) is 17.0 Å². The van der Waals surface area contributed by atoms with Gasteiger partial charge in [-0.3, -0.25) is 4.72 Å². The zero-order valence-corrected chi connectivity index (χ0v) is 15.6. The monoisotopic (exact) mass is 386 g/mol. The average molecular weight is 386 g/mol. The molecule has 0 saturated carbocycles. The van der Waals surface area contributed by atoms with Crippen LogP contribution in [0, 0.1) is 12.7 Å². The average Bonchev–Trinajstić information content (AvgIpc) is 3.00. The Morgan fingerprint density at radius 2 is 2.12 bits per heavy atom. The van der Waals surface area contributed by atoms with Crippen LogP contribution >= 0.6 is 23.6 Å². The second-order valence-corrected chi connectivity index (χ2v) is 8.71. The van der Waals surface area contributed by atoms with Gasteiger partial charge >= 0.3 is 0 Å². The van der Waals surface area contributed by atoms with Gasteiger partial charge in [-0.05, 0) is 50.5 Å². The Morgan fingerprint density at radius 3 is 2.75 bits per heavy atom. The molecule has 9 heteroatoms. The second kappa shape index (κ2) is 5.68. The number of hydrogen-bond donors (Lipinski definition) is 2. The molecule has 1 aliphatic heterocycles. The molecule has 3 rings (SSSR count). The van der Waals surface area contributed by atoms with Crippen molar-refractivity contribution in [2.75, 3.05) is 10.0 Å². The van der Waals surface area contributed by atoms with Crippen molar-refractivity contribution in [2.45, 2.75) is 31.3 Å². The van der Waals surface area contributed by atoms with Crippen LogP contribution in [0.15, 0.2) is 27.8 Å². The normalized spacial score (nSPS) is 16.1. The highest BCUT2D eigenvalue weighted by atomic mass is 32.2. The Balaban J connectivity index is 2.11. The van der Waals surface area contributed by atoms with Gasteiger partial charge in [0, 0.05) is 16.5 Å². The summed E-state index contributed by atoms with van der Waals surface area (Å²) in [4.78, 5) is 0.0945. The molecule has 128 valence electrons. The molecule has 0 unspecified atom stereocenters. The van der Waals surface area contributed by atoms with Crippen LogP contribution < -0.4 is 10.0 Å². The van der Waals surface area contributed by atoms with E-state index in [-0.39, 0.29) is 21.3 Å². The quantitative estimate of drug-likeness (QED) is 0.782. The smallest absolute Gasteiger partial charge is 0.262 e. The summed E-state index contributed by atoms with van der Waals surface area (Å²) in [6.45, 7) is 5.13. The van der Waals surface area contributed by atoms with Gasteiger partial charge in [0.05, 0.1) is 16.3 Å². The predicted octanol–water partition coefficient (Wildman–Crippen LogP) is 3.96. The maximum Gasteiger partial charge on any atom is 0.262 e. The Labute approximate surface area is 148 Å². The van der Waals surface area contributed by atoms with Gasteiger partial charge in [0.1, 0.15) is 5.60 Å². The number of fused-ring (bicyclic) bond motifs is 1. The van der Waals surface area contributed by atoms with Crippen LogP contribution in [0.2, 0.25) is 0 Å². The molecule has 1 aromatic heterocycles. The number of halogens is 1. The molecule has 0 fully saturated rings. The first-order chi connectivity index (χ1) is 11.1. The van der Waals surface area contributed by atoms with Crippen LogP contribution in [0.4, 0.5) is 15.8 Å². The first-order valence-corrected chi connectivity index (χ1v) is 9.84. The highest BCUT2D eigenvalue weighted by Gasteiger charge is 2.35. The Morgan fingerprint density at radius 1 is 1.42 bits per heavy atom. The van der Waals surface area contributed by atoms with Gasteiger partial charge in [-0.25, -0.2) is 12.8 Å². The zero-order valence-electron chi connectivity index (χ0n) is 13.1. The topological polar surface area (TPSA) is 67.4 Å². The van der Waals surface area contributed by atoms with E-state index >= 15 is 0 Å². The van der Waals surface area contributed by atoms with Crippen molar-refractivity contribution in [1.29, 1.82) is 0 Å². The molecule has 0 bridgehead atoms. The minimum absolute atomic E-state index is 0.0945. The lowest BCUT2D eigenvalue weighted by Crippen LogP contribution is -2.35. The lowest BCUT2D eigenvalue weighted by atomic mass is 9.92. The van der Waals surface area contributed by atoms with E-state index in [0.29, 0.717) is 11.3 Å². The molecule has 0 saturated heterocycles. The standard InChI is InChI=1S/C15H15FN2O3S3/c1-8-12(16)11(18-24(19,20)9-4-5-23-7-9)6-10-13(8)17-14(22)21-15(10,2)3/h4-7,18H,1-3H3,(H,17,22). The third-order valence-corrected chi connectivity index (χ3v) is 6.15. The number of nitrogens with one attached hydrogen (secondary N) is 2. The Hall–Kier alpha value is -1.71. The highest BCUT2D eigenvalue weighted by Crippen LogP contribution is 2.41. The predicted molar refractivity (Wildman–Crippen MR) is 96.6 cm³/mol. The minimum Gasteiger partial charge on any atom is -0.460 e. The van der Waals surface area contributed by atoms with Gasteiger partial charge in [0.2, 0.25) is 0 Å². The number of anilines is 2. The highest BCUT2D eigenvalue weighted by molar-refractivity contribution is 7.92. The van der Waals surface area contributed by atoms with E-state index in [1.807, 2.05) is 0 Å². The number of hydrogen-bond acceptors (Lipinski definition) is 5. The van der Waals surface area contributed by atoms with Crippen molar-refractivity contribution in [3.05, 3.63) is 39.8 Å². The second-order valence-electron chi connectivity index (χ2n) is 5.88. The summed E-state index contributed by atoms with van der Waals surface area (Å²) in [5.74, 6) is -0.652. The molecule has 0 radical (unpaired) electrons. The summed E-state index contributed by atoms with van der Waals surface area (Å²) >= 11 is 6.29. The SMILES string of the molecule is Cc1c(F)c(NS(=O)(=O)c2ccsc2)cc2c1NC(=S)OC2(C)C. The van der Waals surface area contributed by atoms with Crippen molar-refractivity contribution in [1.82, 2.24) is 0 Å². The van der Waals surface area contributed by atoms with E-state index in [1.165, 1.54) is 28.8 Å². The molecule has 5 nitrogen and oxygen atoms in total. The summed E-state index contributed by atoms with van der Waals surface area (Å²) in [6, 6.07) is 2.90. The number of benzene rings is 1. The van der Waals surface area contributed by atoms with Crippen molar-refractivity contribution in [2.24, 2.45) is 0 Å². The first-order valence-electron chi connectivity index (χ1n) is 7.00. The van der Waals surface area contributed by atoms with Gasteiger partial charge in [0.25, 0.3) is 15.2 Å². The molecule has 2 heterocycles. The maximum absolute atomic E-state index is 14.7. The first kappa shape index (κ1) is 17.1. The largest absolute Gasteiger partial charge is 0.460 e. The number of thiocarbonyl (C=S) groups is 1. The number of thiophene rings is 1. The maximum atomic E-state index is 14.7. The fraction of sp³-hybridized carbons (Fsp3) is 0.267. The van der Waals surface area contributed by atoms with E-state index in [9.17, 15) is 12.8 Å². The lowest BCUT2D eigenvalue weighted by molar-refractivity contribution is 0.0946. The van der Waals surface area contributed by atoms with Crippen LogP contribution in [0.3, 0.4) is 0 Å². The van der Waals surface area contributed by atoms with Crippen LogP contribution in [0.25, 0.3) is 0 Å². The van der Waals surface area contributed by atoms with Crippen molar-refractivity contribution in [3.63, 3.8) is 0 Å². The van der Waals surface area contributed by atoms with Crippen molar-refractivity contribution < 1.29 is 17.5 Å². The Kier molecular flexibility index (Phi) is 4.05. The van der Waals surface area contributed by atoms with Gasteiger partial charge in [-0.1, -0.05) is 0 Å². The molecule has 2 aromatic rings. The zero-order chi connectivity index (χ0) is 17.7. The fourth-order valence-corrected chi connectivity index (χ4v) is 4.92. The molecule has 0 amide bonds. The number of ether oxygens (including phenoxy) is 1. The molecule has 2 N–H and O–H groups in total. The summed E-state index contributed by atoms with van der Waals surface area (Å²) in [7, 11) is -3.85. The van der Waals surface area contributed by atoms with E-state index in [1.54, 1.807) is 26.2 Å². The summed E-state index contributed by atoms with van der Waals surface area (Å²) < 4.78 is 47.3. The third kappa shape index (κ3) is 2.87. The summed E-state index contributed by atoms with van der Waals surface area (Å²) in [6.07, 6.45) is 0. The van der Waals surface area contributed by atoms with Crippen LogP contribution in [0.1, 0.15) is 25.0 Å². The van der Waals surface area contributed by atoms with Crippen LogP contribution in [0.5, 0.6) is 0 Å². The molecule has 1 aromatic carbocycles. The van der Waals surface area contributed by atoms with Crippen LogP contribution in [-0.2, 0) is 20.4 Å². The molecule has 1 aliphatic rings. The molecule has 0 aliphatic carbocycles. The Bertz CT molecular complexity index is 922. The molecule has 0 spiro atoms. The molecular weight excluding hydrogens is 371 g/mol. The van der Waals surface area contributed by atoms with Gasteiger partial charge in [-0.2, -0.15) is 11.3 Å². The van der Waals surface area contributed by atoms with Gasteiger partial charge < -0.3 is 10.1 Å².